The summed E-state index contributed by atoms with van der Waals surface area (Å²) in [6.07, 6.45) is 4.02. The molecule has 1 aliphatic rings. The van der Waals surface area contributed by atoms with Crippen molar-refractivity contribution >= 4 is 30.2 Å². The fourth-order valence-corrected chi connectivity index (χ4v) is 3.41. The number of rotatable bonds is 9. The van der Waals surface area contributed by atoms with Gasteiger partial charge in [-0.05, 0) is 58.6 Å². The summed E-state index contributed by atoms with van der Waals surface area (Å²) in [6, 6.07) is -0.948. The zero-order valence-electron chi connectivity index (χ0n) is 15.0. The molecule has 0 bridgehead atoms. The van der Waals surface area contributed by atoms with E-state index in [1.54, 1.807) is 4.90 Å². The first-order chi connectivity index (χ1) is 11.2. The van der Waals surface area contributed by atoms with Crippen LogP contribution >= 0.6 is 12.6 Å². The van der Waals surface area contributed by atoms with Gasteiger partial charge in [-0.3, -0.25) is 14.4 Å². The summed E-state index contributed by atoms with van der Waals surface area (Å²) in [5.74, 6) is 0.409. The number of nitrogens with two attached hydrogens (primary N) is 1. The number of nitrogens with zero attached hydrogens (tertiary/aromatic N) is 1. The highest BCUT2D eigenvalue weighted by atomic mass is 32.1. The summed E-state index contributed by atoms with van der Waals surface area (Å²) in [4.78, 5) is 37.5. The Labute approximate surface area is 150 Å². The van der Waals surface area contributed by atoms with E-state index in [9.17, 15) is 14.4 Å². The van der Waals surface area contributed by atoms with Crippen LogP contribution in [0.15, 0.2) is 0 Å². The Morgan fingerprint density at radius 2 is 2.00 bits per heavy atom. The van der Waals surface area contributed by atoms with Crippen LogP contribution in [0, 0.1) is 0 Å². The van der Waals surface area contributed by atoms with Gasteiger partial charge in [0.05, 0.1) is 12.1 Å². The first-order valence-corrected chi connectivity index (χ1v) is 9.30. The number of ketones is 1. The number of Topliss-reactive ketones (excluding diaryl/α,β-unsaturated/α-hetero) is 1. The van der Waals surface area contributed by atoms with Crippen molar-refractivity contribution in [3.05, 3.63) is 0 Å². The van der Waals surface area contributed by atoms with Gasteiger partial charge in [-0.2, -0.15) is 12.6 Å². The molecule has 0 aliphatic carbocycles. The molecule has 1 fully saturated rings. The van der Waals surface area contributed by atoms with Crippen LogP contribution in [0.1, 0.15) is 59.3 Å². The molecule has 24 heavy (non-hydrogen) atoms. The second-order valence-electron chi connectivity index (χ2n) is 7.11. The standard InChI is InChI=1S/C17H31N3O3S/c1-12(21)14-7-9-17(2,3)20(14)16(23)13(18)6-4-5-10-19-15(22)8-11-24/h13-14,24H,4-11,18H2,1-3H3,(H,19,22)/t13-,14-/m0/s1. The summed E-state index contributed by atoms with van der Waals surface area (Å²) in [7, 11) is 0. The Morgan fingerprint density at radius 1 is 1.33 bits per heavy atom. The maximum absolute atomic E-state index is 12.7. The van der Waals surface area contributed by atoms with Crippen molar-refractivity contribution in [2.45, 2.75) is 76.9 Å². The molecule has 1 saturated heterocycles. The zero-order chi connectivity index (χ0) is 18.3. The fourth-order valence-electron chi connectivity index (χ4n) is 3.21. The molecule has 2 amide bonds. The molecule has 0 aromatic rings. The van der Waals surface area contributed by atoms with Gasteiger partial charge in [0.2, 0.25) is 11.8 Å². The fraction of sp³-hybridized carbons (Fsp3) is 0.824. The van der Waals surface area contributed by atoms with Crippen LogP contribution in [0.5, 0.6) is 0 Å². The Balaban J connectivity index is 2.43. The van der Waals surface area contributed by atoms with Gasteiger partial charge in [0.1, 0.15) is 0 Å². The SMILES string of the molecule is CC(=O)[C@@H]1CCC(C)(C)N1C(=O)[C@@H](N)CCCCNC(=O)CCS. The number of amides is 2. The van der Waals surface area contributed by atoms with Crippen molar-refractivity contribution < 1.29 is 14.4 Å². The van der Waals surface area contributed by atoms with Crippen LogP contribution in [-0.2, 0) is 14.4 Å². The van der Waals surface area contributed by atoms with Crippen molar-refractivity contribution in [3.8, 4) is 0 Å². The average molecular weight is 358 g/mol. The van der Waals surface area contributed by atoms with Crippen LogP contribution in [0.25, 0.3) is 0 Å². The molecule has 3 N–H and O–H groups in total. The van der Waals surface area contributed by atoms with Gasteiger partial charge in [-0.25, -0.2) is 0 Å². The van der Waals surface area contributed by atoms with E-state index in [0.29, 0.717) is 31.6 Å². The first-order valence-electron chi connectivity index (χ1n) is 8.67. The van der Waals surface area contributed by atoms with Crippen molar-refractivity contribution in [1.29, 1.82) is 0 Å². The molecule has 7 heteroatoms. The molecular formula is C17H31N3O3S. The van der Waals surface area contributed by atoms with E-state index >= 15 is 0 Å². The van der Waals surface area contributed by atoms with E-state index in [1.807, 2.05) is 13.8 Å². The molecule has 1 heterocycles. The maximum Gasteiger partial charge on any atom is 0.240 e. The minimum atomic E-state index is -0.600. The lowest BCUT2D eigenvalue weighted by atomic mass is 10.0. The number of carbonyl (C=O) groups excluding carboxylic acids is 3. The molecule has 0 aromatic carbocycles. The van der Waals surface area contributed by atoms with Crippen molar-refractivity contribution in [2.75, 3.05) is 12.3 Å². The number of unbranched alkanes of at least 4 members (excludes halogenated alkanes) is 1. The number of hydrogen-bond donors (Lipinski definition) is 3. The van der Waals surface area contributed by atoms with E-state index in [-0.39, 0.29) is 29.2 Å². The van der Waals surface area contributed by atoms with Gasteiger partial charge < -0.3 is 16.0 Å². The molecule has 0 saturated carbocycles. The highest BCUT2D eigenvalue weighted by Gasteiger charge is 2.45. The van der Waals surface area contributed by atoms with Crippen LogP contribution < -0.4 is 11.1 Å². The van der Waals surface area contributed by atoms with Gasteiger partial charge >= 0.3 is 0 Å². The molecule has 1 rings (SSSR count). The average Bonchev–Trinajstić information content (AvgIpc) is 2.81. The predicted octanol–water partition coefficient (Wildman–Crippen LogP) is 1.28. The van der Waals surface area contributed by atoms with Crippen LogP contribution in [0.4, 0.5) is 0 Å². The third-order valence-electron chi connectivity index (χ3n) is 4.62. The number of carbonyl (C=O) groups is 3. The first kappa shape index (κ1) is 21.0. The Kier molecular flexibility index (Phi) is 8.22. The maximum atomic E-state index is 12.7. The number of thiol groups is 1. The topological polar surface area (TPSA) is 92.5 Å². The number of hydrogen-bond acceptors (Lipinski definition) is 5. The van der Waals surface area contributed by atoms with Crippen LogP contribution in [-0.4, -0.2) is 52.4 Å². The van der Waals surface area contributed by atoms with E-state index in [2.05, 4.69) is 17.9 Å². The summed E-state index contributed by atoms with van der Waals surface area (Å²) in [6.45, 7) is 6.08. The van der Waals surface area contributed by atoms with Gasteiger partial charge in [0, 0.05) is 18.5 Å². The Bertz CT molecular complexity index is 468. The van der Waals surface area contributed by atoms with Gasteiger partial charge in [-0.15, -0.1) is 0 Å². The third-order valence-corrected chi connectivity index (χ3v) is 4.84. The quantitative estimate of drug-likeness (QED) is 0.428. The molecule has 2 atom stereocenters. The lowest BCUT2D eigenvalue weighted by molar-refractivity contribution is -0.142. The van der Waals surface area contributed by atoms with Crippen LogP contribution in [0.2, 0.25) is 0 Å². The second-order valence-corrected chi connectivity index (χ2v) is 7.56. The van der Waals surface area contributed by atoms with E-state index in [4.69, 9.17) is 5.73 Å². The molecule has 0 radical (unpaired) electrons. The van der Waals surface area contributed by atoms with Gasteiger partial charge in [0.25, 0.3) is 0 Å². The third kappa shape index (κ3) is 5.77. The normalized spacial score (nSPS) is 20.7. The van der Waals surface area contributed by atoms with Crippen LogP contribution in [0.3, 0.4) is 0 Å². The van der Waals surface area contributed by atoms with Crippen molar-refractivity contribution in [3.63, 3.8) is 0 Å². The van der Waals surface area contributed by atoms with E-state index < -0.39 is 6.04 Å². The van der Waals surface area contributed by atoms with Crippen molar-refractivity contribution in [2.24, 2.45) is 5.73 Å². The minimum absolute atomic E-state index is 0.00603. The zero-order valence-corrected chi connectivity index (χ0v) is 15.9. The lowest BCUT2D eigenvalue weighted by Gasteiger charge is -2.36. The molecule has 1 aliphatic heterocycles. The molecule has 0 spiro atoms. The smallest absolute Gasteiger partial charge is 0.240 e. The highest BCUT2D eigenvalue weighted by Crippen LogP contribution is 2.34. The molecule has 138 valence electrons. The van der Waals surface area contributed by atoms with E-state index in [1.165, 1.54) is 6.92 Å². The summed E-state index contributed by atoms with van der Waals surface area (Å²) in [5, 5.41) is 2.81. The van der Waals surface area contributed by atoms with Gasteiger partial charge in [-0.1, -0.05) is 0 Å². The Morgan fingerprint density at radius 3 is 2.58 bits per heavy atom. The summed E-state index contributed by atoms with van der Waals surface area (Å²) in [5.41, 5.74) is 5.74. The molecule has 0 aromatic heterocycles. The minimum Gasteiger partial charge on any atom is -0.356 e. The van der Waals surface area contributed by atoms with Gasteiger partial charge in [0.15, 0.2) is 5.78 Å². The molecule has 0 unspecified atom stereocenters. The molecule has 6 nitrogen and oxygen atoms in total. The number of likely N-dealkylation sites (tertiary alicyclic amines) is 1. The second kappa shape index (κ2) is 9.42. The lowest BCUT2D eigenvalue weighted by Crippen LogP contribution is -2.55. The highest BCUT2D eigenvalue weighted by molar-refractivity contribution is 7.80. The molecular weight excluding hydrogens is 326 g/mol. The van der Waals surface area contributed by atoms with E-state index in [0.717, 1.165) is 19.3 Å². The predicted molar refractivity (Wildman–Crippen MR) is 97.9 cm³/mol. The summed E-state index contributed by atoms with van der Waals surface area (Å²) < 4.78 is 0. The largest absolute Gasteiger partial charge is 0.356 e. The Hall–Kier alpha value is -1.08. The van der Waals surface area contributed by atoms with Crippen molar-refractivity contribution in [1.82, 2.24) is 10.2 Å². The number of nitrogens with one attached hydrogen (secondary N) is 1. The summed E-state index contributed by atoms with van der Waals surface area (Å²) >= 11 is 4.01. The monoisotopic (exact) mass is 357 g/mol.